The monoisotopic (exact) mass is 326 g/mol. The molecule has 2 rings (SSSR count). The van der Waals surface area contributed by atoms with Gasteiger partial charge in [-0.3, -0.25) is 0 Å². The van der Waals surface area contributed by atoms with Crippen LogP contribution in [-0.4, -0.2) is 15.8 Å². The number of hydrogen-bond acceptors (Lipinski definition) is 4. The van der Waals surface area contributed by atoms with Crippen molar-refractivity contribution in [2.75, 3.05) is 0 Å². The van der Waals surface area contributed by atoms with Gasteiger partial charge in [0.1, 0.15) is 5.01 Å². The van der Waals surface area contributed by atoms with Crippen molar-refractivity contribution in [3.05, 3.63) is 15.6 Å². The third kappa shape index (κ3) is 5.91. The number of thiazole rings is 1. The Balaban J connectivity index is 1.94. The maximum atomic E-state index is 4.92. The van der Waals surface area contributed by atoms with Crippen molar-refractivity contribution in [3.63, 3.8) is 0 Å². The highest BCUT2D eigenvalue weighted by Gasteiger charge is 2.18. The zero-order chi connectivity index (χ0) is 15.3. The molecule has 1 aromatic heterocycles. The Hall–Kier alpha value is -0.0600. The molecule has 4 heteroatoms. The Kier molecular flexibility index (Phi) is 6.57. The fourth-order valence-corrected chi connectivity index (χ4v) is 5.06. The molecule has 120 valence electrons. The van der Waals surface area contributed by atoms with Gasteiger partial charge in [0.05, 0.1) is 5.69 Å². The predicted octanol–water partition coefficient (Wildman–Crippen LogP) is 5.16. The lowest BCUT2D eigenvalue weighted by Gasteiger charge is -2.20. The highest BCUT2D eigenvalue weighted by Crippen LogP contribution is 2.33. The van der Waals surface area contributed by atoms with Gasteiger partial charge in [-0.1, -0.05) is 26.2 Å². The van der Waals surface area contributed by atoms with Crippen LogP contribution in [0, 0.1) is 0 Å². The number of thioether (sulfide) groups is 1. The van der Waals surface area contributed by atoms with E-state index in [0.717, 1.165) is 24.0 Å². The SMILES string of the molecule is CCCc1nc(CSC2CCCC2)sc1CNC(C)(C)C. The van der Waals surface area contributed by atoms with E-state index in [0.29, 0.717) is 0 Å². The van der Waals surface area contributed by atoms with E-state index in [1.807, 2.05) is 11.3 Å². The topological polar surface area (TPSA) is 24.9 Å². The number of hydrogen-bond donors (Lipinski definition) is 1. The second-order valence-corrected chi connectivity index (χ2v) is 9.51. The van der Waals surface area contributed by atoms with Crippen molar-refractivity contribution in [1.82, 2.24) is 10.3 Å². The van der Waals surface area contributed by atoms with Gasteiger partial charge in [-0.15, -0.1) is 11.3 Å². The number of nitrogens with zero attached hydrogens (tertiary/aromatic N) is 1. The molecule has 0 bridgehead atoms. The van der Waals surface area contributed by atoms with Gasteiger partial charge < -0.3 is 5.32 Å². The van der Waals surface area contributed by atoms with Crippen LogP contribution in [0.15, 0.2) is 0 Å². The quantitative estimate of drug-likeness (QED) is 0.749. The normalized spacial score (nSPS) is 16.8. The van der Waals surface area contributed by atoms with Crippen molar-refractivity contribution in [2.24, 2.45) is 0 Å². The van der Waals surface area contributed by atoms with Gasteiger partial charge in [0.15, 0.2) is 0 Å². The molecular weight excluding hydrogens is 296 g/mol. The largest absolute Gasteiger partial charge is 0.307 e. The summed E-state index contributed by atoms with van der Waals surface area (Å²) in [5, 5.41) is 5.83. The molecule has 1 N–H and O–H groups in total. The van der Waals surface area contributed by atoms with E-state index in [9.17, 15) is 0 Å². The van der Waals surface area contributed by atoms with Crippen molar-refractivity contribution < 1.29 is 0 Å². The lowest BCUT2D eigenvalue weighted by molar-refractivity contribution is 0.425. The molecule has 0 unspecified atom stereocenters. The molecule has 0 aliphatic heterocycles. The lowest BCUT2D eigenvalue weighted by Crippen LogP contribution is -2.35. The summed E-state index contributed by atoms with van der Waals surface area (Å²) in [4.78, 5) is 6.37. The summed E-state index contributed by atoms with van der Waals surface area (Å²) < 4.78 is 0. The van der Waals surface area contributed by atoms with E-state index in [1.165, 1.54) is 47.7 Å². The molecule has 0 aromatic carbocycles. The molecule has 1 aromatic rings. The molecule has 2 nitrogen and oxygen atoms in total. The fraction of sp³-hybridized carbons (Fsp3) is 0.824. The minimum absolute atomic E-state index is 0.173. The van der Waals surface area contributed by atoms with Crippen LogP contribution in [-0.2, 0) is 18.7 Å². The summed E-state index contributed by atoms with van der Waals surface area (Å²) >= 11 is 4.06. The van der Waals surface area contributed by atoms with Crippen LogP contribution in [0.5, 0.6) is 0 Å². The van der Waals surface area contributed by atoms with Crippen molar-refractivity contribution in [1.29, 1.82) is 0 Å². The van der Waals surface area contributed by atoms with Gasteiger partial charge in [-0.25, -0.2) is 4.98 Å². The molecule has 0 saturated heterocycles. The molecular formula is C17H30N2S2. The second-order valence-electron chi connectivity index (χ2n) is 7.05. The number of aromatic nitrogens is 1. The standard InChI is InChI=1S/C17H30N2S2/c1-5-8-14-15(11-18-17(2,3)4)21-16(19-14)12-20-13-9-6-7-10-13/h13,18H,5-12H2,1-4H3. The summed E-state index contributed by atoms with van der Waals surface area (Å²) in [5.41, 5.74) is 1.51. The zero-order valence-electron chi connectivity index (χ0n) is 14.0. The van der Waals surface area contributed by atoms with Gasteiger partial charge in [-0.2, -0.15) is 11.8 Å². The van der Waals surface area contributed by atoms with Crippen LogP contribution in [0.1, 0.15) is 75.4 Å². The molecule has 0 spiro atoms. The Morgan fingerprint density at radius 2 is 2.00 bits per heavy atom. The van der Waals surface area contributed by atoms with E-state index in [2.05, 4.69) is 44.8 Å². The fourth-order valence-electron chi connectivity index (χ4n) is 2.66. The van der Waals surface area contributed by atoms with Crippen LogP contribution in [0.4, 0.5) is 0 Å². The van der Waals surface area contributed by atoms with E-state index in [-0.39, 0.29) is 5.54 Å². The molecule has 0 atom stereocenters. The predicted molar refractivity (Wildman–Crippen MR) is 96.3 cm³/mol. The average Bonchev–Trinajstić information content (AvgIpc) is 3.03. The van der Waals surface area contributed by atoms with Crippen LogP contribution in [0.3, 0.4) is 0 Å². The first-order valence-corrected chi connectivity index (χ1v) is 10.2. The van der Waals surface area contributed by atoms with E-state index < -0.39 is 0 Å². The number of rotatable bonds is 7. The van der Waals surface area contributed by atoms with Gasteiger partial charge in [0.2, 0.25) is 0 Å². The third-order valence-corrected chi connectivity index (χ3v) is 6.50. The Morgan fingerprint density at radius 1 is 1.29 bits per heavy atom. The van der Waals surface area contributed by atoms with Crippen LogP contribution < -0.4 is 5.32 Å². The first-order chi connectivity index (χ1) is 9.98. The second kappa shape index (κ2) is 7.98. The summed E-state index contributed by atoms with van der Waals surface area (Å²) in [5.74, 6) is 1.11. The van der Waals surface area contributed by atoms with E-state index in [1.54, 1.807) is 0 Å². The van der Waals surface area contributed by atoms with Crippen molar-refractivity contribution >= 4 is 23.1 Å². The molecule has 0 radical (unpaired) electrons. The van der Waals surface area contributed by atoms with Crippen molar-refractivity contribution in [2.45, 2.75) is 89.3 Å². The van der Waals surface area contributed by atoms with Crippen LogP contribution in [0.25, 0.3) is 0 Å². The molecule has 1 saturated carbocycles. The molecule has 1 fully saturated rings. The smallest absolute Gasteiger partial charge is 0.103 e. The summed E-state index contributed by atoms with van der Waals surface area (Å²) in [6.07, 6.45) is 7.98. The van der Waals surface area contributed by atoms with Gasteiger partial charge in [0, 0.05) is 28.0 Å². The molecule has 1 aliphatic rings. The summed E-state index contributed by atoms with van der Waals surface area (Å²) in [6.45, 7) is 9.89. The molecule has 1 aliphatic carbocycles. The Bertz CT molecular complexity index is 428. The zero-order valence-corrected chi connectivity index (χ0v) is 15.6. The van der Waals surface area contributed by atoms with Gasteiger partial charge >= 0.3 is 0 Å². The van der Waals surface area contributed by atoms with Gasteiger partial charge in [0.25, 0.3) is 0 Å². The maximum Gasteiger partial charge on any atom is 0.103 e. The summed E-state index contributed by atoms with van der Waals surface area (Å²) in [7, 11) is 0. The number of aryl methyl sites for hydroxylation is 1. The first-order valence-electron chi connectivity index (χ1n) is 8.32. The first kappa shape index (κ1) is 17.3. The van der Waals surface area contributed by atoms with E-state index >= 15 is 0 Å². The number of nitrogens with one attached hydrogen (secondary N) is 1. The van der Waals surface area contributed by atoms with Crippen LogP contribution >= 0.6 is 23.1 Å². The highest BCUT2D eigenvalue weighted by molar-refractivity contribution is 7.99. The minimum atomic E-state index is 0.173. The third-order valence-electron chi connectivity index (χ3n) is 3.83. The van der Waals surface area contributed by atoms with E-state index in [4.69, 9.17) is 4.98 Å². The Morgan fingerprint density at radius 3 is 2.62 bits per heavy atom. The molecule has 21 heavy (non-hydrogen) atoms. The van der Waals surface area contributed by atoms with Gasteiger partial charge in [-0.05, 0) is 40.0 Å². The van der Waals surface area contributed by atoms with Crippen molar-refractivity contribution in [3.8, 4) is 0 Å². The minimum Gasteiger partial charge on any atom is -0.307 e. The maximum absolute atomic E-state index is 4.92. The highest BCUT2D eigenvalue weighted by atomic mass is 32.2. The average molecular weight is 327 g/mol. The lowest BCUT2D eigenvalue weighted by atomic mass is 10.1. The molecule has 0 amide bonds. The van der Waals surface area contributed by atoms with Crippen LogP contribution in [0.2, 0.25) is 0 Å². The summed E-state index contributed by atoms with van der Waals surface area (Å²) in [6, 6.07) is 0. The molecule has 1 heterocycles. The Labute approximate surface area is 138 Å².